The zero-order chi connectivity index (χ0) is 10.2. The number of aliphatic hydroxyl groups excluding tert-OH is 1. The van der Waals surface area contributed by atoms with Crippen LogP contribution in [0, 0.1) is 0 Å². The summed E-state index contributed by atoms with van der Waals surface area (Å²) in [6, 6.07) is 0.119. The van der Waals surface area contributed by atoms with Gasteiger partial charge in [-0.05, 0) is 19.4 Å². The lowest BCUT2D eigenvalue weighted by Crippen LogP contribution is -2.24. The zero-order valence-corrected chi connectivity index (χ0v) is 8.48. The van der Waals surface area contributed by atoms with E-state index >= 15 is 0 Å². The number of aromatic nitrogens is 2. The van der Waals surface area contributed by atoms with Crippen molar-refractivity contribution in [3.63, 3.8) is 0 Å². The van der Waals surface area contributed by atoms with Crippen LogP contribution in [-0.4, -0.2) is 28.2 Å². The van der Waals surface area contributed by atoms with Crippen LogP contribution in [0.5, 0.6) is 0 Å². The summed E-state index contributed by atoms with van der Waals surface area (Å²) >= 11 is 0. The molecule has 0 aliphatic heterocycles. The smallest absolute Gasteiger partial charge is 0.0756 e. The maximum Gasteiger partial charge on any atom is 0.0756 e. The molecule has 0 aromatic carbocycles. The van der Waals surface area contributed by atoms with Gasteiger partial charge in [-0.3, -0.25) is 9.97 Å². The SMILES string of the molecule is CCCNC(CCO)c1cnccn1. The average molecular weight is 195 g/mol. The topological polar surface area (TPSA) is 58.0 Å². The summed E-state index contributed by atoms with van der Waals surface area (Å²) < 4.78 is 0. The third-order valence-electron chi connectivity index (χ3n) is 2.00. The van der Waals surface area contributed by atoms with Crippen LogP contribution < -0.4 is 5.32 Å². The van der Waals surface area contributed by atoms with E-state index in [2.05, 4.69) is 22.2 Å². The molecule has 1 aromatic rings. The Kier molecular flexibility index (Phi) is 5.11. The fourth-order valence-corrected chi connectivity index (χ4v) is 1.29. The van der Waals surface area contributed by atoms with Crippen molar-refractivity contribution in [3.8, 4) is 0 Å². The number of hydrogen-bond acceptors (Lipinski definition) is 4. The molecule has 0 bridgehead atoms. The first kappa shape index (κ1) is 11.1. The van der Waals surface area contributed by atoms with Crippen molar-refractivity contribution in [1.29, 1.82) is 0 Å². The second-order valence-electron chi connectivity index (χ2n) is 3.15. The van der Waals surface area contributed by atoms with Gasteiger partial charge in [-0.15, -0.1) is 0 Å². The van der Waals surface area contributed by atoms with E-state index in [9.17, 15) is 0 Å². The van der Waals surface area contributed by atoms with Crippen molar-refractivity contribution in [2.75, 3.05) is 13.2 Å². The van der Waals surface area contributed by atoms with E-state index in [0.29, 0.717) is 6.42 Å². The molecule has 0 aliphatic carbocycles. The molecule has 0 spiro atoms. The van der Waals surface area contributed by atoms with Crippen LogP contribution in [-0.2, 0) is 0 Å². The van der Waals surface area contributed by atoms with E-state index in [1.807, 2.05) is 0 Å². The van der Waals surface area contributed by atoms with Crippen molar-refractivity contribution in [2.24, 2.45) is 0 Å². The van der Waals surface area contributed by atoms with E-state index in [0.717, 1.165) is 18.7 Å². The summed E-state index contributed by atoms with van der Waals surface area (Å²) in [7, 11) is 0. The summed E-state index contributed by atoms with van der Waals surface area (Å²) in [5, 5.41) is 12.2. The first-order chi connectivity index (χ1) is 6.88. The van der Waals surface area contributed by atoms with Gasteiger partial charge >= 0.3 is 0 Å². The van der Waals surface area contributed by atoms with E-state index in [4.69, 9.17) is 5.11 Å². The zero-order valence-electron chi connectivity index (χ0n) is 8.48. The van der Waals surface area contributed by atoms with Gasteiger partial charge in [-0.25, -0.2) is 0 Å². The number of rotatable bonds is 6. The highest BCUT2D eigenvalue weighted by Gasteiger charge is 2.10. The summed E-state index contributed by atoms with van der Waals surface area (Å²) in [6.45, 7) is 3.21. The maximum atomic E-state index is 8.91. The minimum absolute atomic E-state index is 0.119. The highest BCUT2D eigenvalue weighted by molar-refractivity contribution is 5.01. The molecule has 0 saturated carbocycles. The third-order valence-corrected chi connectivity index (χ3v) is 2.00. The normalized spacial score (nSPS) is 12.7. The predicted octanol–water partition coefficient (Wildman–Crippen LogP) is 0.900. The minimum atomic E-state index is 0.119. The largest absolute Gasteiger partial charge is 0.396 e. The quantitative estimate of drug-likeness (QED) is 0.708. The molecule has 1 aromatic heterocycles. The second kappa shape index (κ2) is 6.45. The molecule has 1 rings (SSSR count). The Morgan fingerprint density at radius 2 is 2.36 bits per heavy atom. The molecule has 0 fully saturated rings. The van der Waals surface area contributed by atoms with Gasteiger partial charge in [0.1, 0.15) is 0 Å². The fraction of sp³-hybridized carbons (Fsp3) is 0.600. The van der Waals surface area contributed by atoms with Gasteiger partial charge in [-0.2, -0.15) is 0 Å². The van der Waals surface area contributed by atoms with Crippen LogP contribution in [0.15, 0.2) is 18.6 Å². The molecule has 4 heteroatoms. The number of nitrogens with zero attached hydrogens (tertiary/aromatic N) is 2. The van der Waals surface area contributed by atoms with Gasteiger partial charge in [0, 0.05) is 25.2 Å². The van der Waals surface area contributed by atoms with Gasteiger partial charge in [0.15, 0.2) is 0 Å². The number of nitrogens with one attached hydrogen (secondary N) is 1. The molecule has 0 amide bonds. The summed E-state index contributed by atoms with van der Waals surface area (Å²) in [5.74, 6) is 0. The lowest BCUT2D eigenvalue weighted by Gasteiger charge is -2.15. The fourth-order valence-electron chi connectivity index (χ4n) is 1.29. The molecule has 1 heterocycles. The molecule has 0 aliphatic rings. The van der Waals surface area contributed by atoms with Crippen LogP contribution >= 0.6 is 0 Å². The molecule has 2 N–H and O–H groups in total. The van der Waals surface area contributed by atoms with Crippen molar-refractivity contribution >= 4 is 0 Å². The highest BCUT2D eigenvalue weighted by Crippen LogP contribution is 2.11. The first-order valence-electron chi connectivity index (χ1n) is 4.98. The summed E-state index contributed by atoms with van der Waals surface area (Å²) in [5.41, 5.74) is 0.898. The molecule has 78 valence electrons. The summed E-state index contributed by atoms with van der Waals surface area (Å²) in [4.78, 5) is 8.23. The lowest BCUT2D eigenvalue weighted by molar-refractivity contribution is 0.264. The Hall–Kier alpha value is -1.00. The van der Waals surface area contributed by atoms with Crippen LogP contribution in [0.2, 0.25) is 0 Å². The van der Waals surface area contributed by atoms with Crippen molar-refractivity contribution in [2.45, 2.75) is 25.8 Å². The van der Waals surface area contributed by atoms with E-state index in [1.165, 1.54) is 0 Å². The Morgan fingerprint density at radius 1 is 1.50 bits per heavy atom. The number of aliphatic hydroxyl groups is 1. The maximum absolute atomic E-state index is 8.91. The number of hydrogen-bond donors (Lipinski definition) is 2. The van der Waals surface area contributed by atoms with E-state index in [1.54, 1.807) is 18.6 Å². The minimum Gasteiger partial charge on any atom is -0.396 e. The van der Waals surface area contributed by atoms with Crippen molar-refractivity contribution in [3.05, 3.63) is 24.3 Å². The molecule has 0 radical (unpaired) electrons. The summed E-state index contributed by atoms with van der Waals surface area (Å²) in [6.07, 6.45) is 6.82. The van der Waals surface area contributed by atoms with E-state index < -0.39 is 0 Å². The first-order valence-corrected chi connectivity index (χ1v) is 4.98. The molecule has 1 unspecified atom stereocenters. The standard InChI is InChI=1S/C10H17N3O/c1-2-4-12-9(3-7-14)10-8-11-5-6-13-10/h5-6,8-9,12,14H,2-4,7H2,1H3. The lowest BCUT2D eigenvalue weighted by atomic mass is 10.1. The Labute approximate surface area is 84.4 Å². The predicted molar refractivity (Wildman–Crippen MR) is 54.8 cm³/mol. The Balaban J connectivity index is 2.58. The van der Waals surface area contributed by atoms with Crippen LogP contribution in [0.1, 0.15) is 31.5 Å². The van der Waals surface area contributed by atoms with E-state index in [-0.39, 0.29) is 12.6 Å². The Morgan fingerprint density at radius 3 is 2.93 bits per heavy atom. The Bertz CT molecular complexity index is 240. The molecular formula is C10H17N3O. The van der Waals surface area contributed by atoms with Crippen LogP contribution in [0.25, 0.3) is 0 Å². The van der Waals surface area contributed by atoms with Crippen molar-refractivity contribution < 1.29 is 5.11 Å². The van der Waals surface area contributed by atoms with Gasteiger partial charge in [0.25, 0.3) is 0 Å². The van der Waals surface area contributed by atoms with Crippen LogP contribution in [0.4, 0.5) is 0 Å². The average Bonchev–Trinajstić information content (AvgIpc) is 2.25. The van der Waals surface area contributed by atoms with Gasteiger partial charge < -0.3 is 10.4 Å². The third kappa shape index (κ3) is 3.40. The van der Waals surface area contributed by atoms with Gasteiger partial charge in [0.05, 0.1) is 11.7 Å². The van der Waals surface area contributed by atoms with Crippen molar-refractivity contribution in [1.82, 2.24) is 15.3 Å². The van der Waals surface area contributed by atoms with Gasteiger partial charge in [-0.1, -0.05) is 6.92 Å². The molecule has 1 atom stereocenters. The second-order valence-corrected chi connectivity index (χ2v) is 3.15. The van der Waals surface area contributed by atoms with Gasteiger partial charge in [0.2, 0.25) is 0 Å². The molecule has 4 nitrogen and oxygen atoms in total. The monoisotopic (exact) mass is 195 g/mol. The molecule has 0 saturated heterocycles. The van der Waals surface area contributed by atoms with Crippen LogP contribution in [0.3, 0.4) is 0 Å². The highest BCUT2D eigenvalue weighted by atomic mass is 16.3. The molecule has 14 heavy (non-hydrogen) atoms. The molecular weight excluding hydrogens is 178 g/mol.